The zero-order valence-corrected chi connectivity index (χ0v) is 16.7. The minimum Gasteiger partial charge on any atom is -0.352 e. The second-order valence-corrected chi connectivity index (χ2v) is 7.79. The number of fused-ring (bicyclic) bond motifs is 1. The molecule has 4 heterocycles. The van der Waals surface area contributed by atoms with E-state index in [0.29, 0.717) is 13.1 Å². The van der Waals surface area contributed by atoms with E-state index in [0.717, 1.165) is 46.3 Å². The Kier molecular flexibility index (Phi) is 4.44. The molecule has 8 nitrogen and oxygen atoms in total. The van der Waals surface area contributed by atoms with Crippen LogP contribution >= 0.6 is 11.3 Å². The minimum atomic E-state index is 0.0666. The summed E-state index contributed by atoms with van der Waals surface area (Å²) in [6.07, 6.45) is 3.61. The number of amides is 1. The van der Waals surface area contributed by atoms with Gasteiger partial charge in [-0.15, -0.1) is 21.5 Å². The number of anilines is 1. The first-order valence-electron chi connectivity index (χ1n) is 9.40. The largest absolute Gasteiger partial charge is 0.352 e. The van der Waals surface area contributed by atoms with Gasteiger partial charge >= 0.3 is 0 Å². The van der Waals surface area contributed by atoms with E-state index in [1.54, 1.807) is 23.0 Å². The van der Waals surface area contributed by atoms with Crippen molar-refractivity contribution in [3.05, 3.63) is 59.6 Å². The molecule has 0 saturated carbocycles. The number of aromatic nitrogens is 5. The molecule has 1 amide bonds. The van der Waals surface area contributed by atoms with Crippen LogP contribution in [0.4, 0.5) is 5.82 Å². The van der Waals surface area contributed by atoms with Crippen molar-refractivity contribution in [2.75, 3.05) is 31.1 Å². The van der Waals surface area contributed by atoms with Crippen molar-refractivity contribution in [1.82, 2.24) is 29.6 Å². The molecule has 4 aromatic rings. The smallest absolute Gasteiger partial charge is 0.254 e. The van der Waals surface area contributed by atoms with Gasteiger partial charge in [-0.3, -0.25) is 9.36 Å². The summed E-state index contributed by atoms with van der Waals surface area (Å²) in [5.74, 6) is 2.51. The molecule has 0 atom stereocenters. The Morgan fingerprint density at radius 1 is 1.00 bits per heavy atom. The topological polar surface area (TPSA) is 80.0 Å². The van der Waals surface area contributed by atoms with Crippen LogP contribution in [0.1, 0.15) is 16.2 Å². The second-order valence-electron chi connectivity index (χ2n) is 6.91. The molecule has 0 N–H and O–H groups in total. The van der Waals surface area contributed by atoms with Gasteiger partial charge in [0.25, 0.3) is 5.91 Å². The van der Waals surface area contributed by atoms with E-state index in [9.17, 15) is 4.79 Å². The summed E-state index contributed by atoms with van der Waals surface area (Å²) in [6.45, 7) is 4.70. The zero-order chi connectivity index (χ0) is 19.8. The number of nitrogens with zero attached hydrogens (tertiary/aromatic N) is 7. The summed E-state index contributed by atoms with van der Waals surface area (Å²) in [6, 6.07) is 9.62. The van der Waals surface area contributed by atoms with Crippen LogP contribution in [0.2, 0.25) is 0 Å². The van der Waals surface area contributed by atoms with E-state index in [-0.39, 0.29) is 5.91 Å². The van der Waals surface area contributed by atoms with E-state index in [2.05, 4.69) is 25.1 Å². The average molecular weight is 405 g/mol. The average Bonchev–Trinajstić information content (AvgIpc) is 3.41. The first kappa shape index (κ1) is 17.7. The van der Waals surface area contributed by atoms with Crippen LogP contribution in [0.15, 0.2) is 48.2 Å². The van der Waals surface area contributed by atoms with Gasteiger partial charge in [-0.1, -0.05) is 0 Å². The van der Waals surface area contributed by atoms with Crippen LogP contribution in [-0.2, 0) is 0 Å². The van der Waals surface area contributed by atoms with Gasteiger partial charge in [0, 0.05) is 44.1 Å². The van der Waals surface area contributed by atoms with E-state index in [1.807, 2.05) is 52.9 Å². The third kappa shape index (κ3) is 3.33. The van der Waals surface area contributed by atoms with Gasteiger partial charge in [-0.2, -0.15) is 0 Å². The second kappa shape index (κ2) is 7.25. The van der Waals surface area contributed by atoms with Crippen LogP contribution in [0.5, 0.6) is 0 Å². The van der Waals surface area contributed by atoms with Gasteiger partial charge in [0.15, 0.2) is 11.6 Å². The monoisotopic (exact) mass is 405 g/mol. The summed E-state index contributed by atoms with van der Waals surface area (Å²) in [5, 5.41) is 8.70. The summed E-state index contributed by atoms with van der Waals surface area (Å²) < 4.78 is 2.94. The lowest BCUT2D eigenvalue weighted by Gasteiger charge is -2.35. The Bertz CT molecular complexity index is 1160. The highest BCUT2D eigenvalue weighted by Gasteiger charge is 2.23. The van der Waals surface area contributed by atoms with Crippen molar-refractivity contribution in [3.8, 4) is 5.82 Å². The SMILES string of the molecule is Cc1nccn1-c1ccc(N2CCN(C(=O)c3ccc4ncsc4c3)CC2)nn1. The standard InChI is InChI=1S/C20H19N7OS/c1-14-21-6-7-27(14)19-5-4-18(23-24-19)25-8-10-26(11-9-25)20(28)15-2-3-16-17(12-15)29-13-22-16/h2-7,12-13H,8-11H2,1H3. The van der Waals surface area contributed by atoms with Crippen LogP contribution in [-0.4, -0.2) is 61.7 Å². The Balaban J connectivity index is 1.25. The van der Waals surface area contributed by atoms with E-state index in [1.165, 1.54) is 0 Å². The predicted octanol–water partition coefficient (Wildman–Crippen LogP) is 2.54. The van der Waals surface area contributed by atoms with Gasteiger partial charge in [0.2, 0.25) is 0 Å². The molecule has 0 unspecified atom stereocenters. The minimum absolute atomic E-state index is 0.0666. The summed E-state index contributed by atoms with van der Waals surface area (Å²) >= 11 is 1.55. The lowest BCUT2D eigenvalue weighted by atomic mass is 10.1. The van der Waals surface area contributed by atoms with Crippen molar-refractivity contribution >= 4 is 33.3 Å². The first-order valence-corrected chi connectivity index (χ1v) is 10.3. The van der Waals surface area contributed by atoms with Gasteiger partial charge in [0.05, 0.1) is 15.7 Å². The molecule has 1 aliphatic heterocycles. The Morgan fingerprint density at radius 2 is 1.79 bits per heavy atom. The molecule has 0 aliphatic carbocycles. The maximum absolute atomic E-state index is 12.9. The first-order chi connectivity index (χ1) is 14.2. The quantitative estimate of drug-likeness (QED) is 0.521. The van der Waals surface area contributed by atoms with Gasteiger partial charge in [-0.05, 0) is 37.3 Å². The Hall–Kier alpha value is -3.33. The molecule has 0 bridgehead atoms. The molecule has 9 heteroatoms. The molecular formula is C20H19N7OS. The fourth-order valence-corrected chi connectivity index (χ4v) is 4.26. The fraction of sp³-hybridized carbons (Fsp3) is 0.250. The molecule has 1 saturated heterocycles. The Labute approximate surface area is 171 Å². The molecule has 5 rings (SSSR count). The molecule has 146 valence electrons. The van der Waals surface area contributed by atoms with E-state index < -0.39 is 0 Å². The number of carbonyl (C=O) groups is 1. The zero-order valence-electron chi connectivity index (χ0n) is 15.9. The molecule has 1 fully saturated rings. The highest BCUT2D eigenvalue weighted by molar-refractivity contribution is 7.16. The third-order valence-electron chi connectivity index (χ3n) is 5.18. The number of imidazole rings is 1. The fourth-order valence-electron chi connectivity index (χ4n) is 3.54. The molecule has 3 aromatic heterocycles. The molecule has 0 spiro atoms. The normalized spacial score (nSPS) is 14.5. The lowest BCUT2D eigenvalue weighted by Crippen LogP contribution is -2.49. The summed E-state index contributed by atoms with van der Waals surface area (Å²) in [4.78, 5) is 25.4. The molecule has 29 heavy (non-hydrogen) atoms. The van der Waals surface area contributed by atoms with Crippen LogP contribution in [0, 0.1) is 6.92 Å². The molecular weight excluding hydrogens is 386 g/mol. The van der Waals surface area contributed by atoms with Crippen molar-refractivity contribution < 1.29 is 4.79 Å². The molecule has 0 radical (unpaired) electrons. The number of rotatable bonds is 3. The van der Waals surface area contributed by atoms with Gasteiger partial charge in [-0.25, -0.2) is 9.97 Å². The maximum Gasteiger partial charge on any atom is 0.254 e. The highest BCUT2D eigenvalue weighted by atomic mass is 32.1. The predicted molar refractivity (Wildman–Crippen MR) is 112 cm³/mol. The van der Waals surface area contributed by atoms with E-state index >= 15 is 0 Å². The van der Waals surface area contributed by atoms with Crippen molar-refractivity contribution in [2.45, 2.75) is 6.92 Å². The number of carbonyl (C=O) groups excluding carboxylic acids is 1. The Morgan fingerprint density at radius 3 is 2.52 bits per heavy atom. The van der Waals surface area contributed by atoms with Gasteiger partial charge < -0.3 is 9.80 Å². The van der Waals surface area contributed by atoms with Crippen molar-refractivity contribution in [1.29, 1.82) is 0 Å². The number of benzene rings is 1. The number of aryl methyl sites for hydroxylation is 1. The molecule has 1 aromatic carbocycles. The van der Waals surface area contributed by atoms with Crippen molar-refractivity contribution in [3.63, 3.8) is 0 Å². The highest BCUT2D eigenvalue weighted by Crippen LogP contribution is 2.21. The number of hydrogen-bond donors (Lipinski definition) is 0. The summed E-state index contributed by atoms with van der Waals surface area (Å²) in [7, 11) is 0. The van der Waals surface area contributed by atoms with Gasteiger partial charge in [0.1, 0.15) is 5.82 Å². The lowest BCUT2D eigenvalue weighted by molar-refractivity contribution is 0.0746. The van der Waals surface area contributed by atoms with Crippen LogP contribution in [0.3, 0.4) is 0 Å². The van der Waals surface area contributed by atoms with Crippen LogP contribution < -0.4 is 4.90 Å². The van der Waals surface area contributed by atoms with E-state index in [4.69, 9.17) is 0 Å². The third-order valence-corrected chi connectivity index (χ3v) is 5.97. The summed E-state index contributed by atoms with van der Waals surface area (Å²) in [5.41, 5.74) is 3.46. The molecule has 1 aliphatic rings. The van der Waals surface area contributed by atoms with Crippen LogP contribution in [0.25, 0.3) is 16.0 Å². The maximum atomic E-state index is 12.9. The number of thiazole rings is 1. The number of piperazine rings is 1. The van der Waals surface area contributed by atoms with Crippen molar-refractivity contribution in [2.24, 2.45) is 0 Å². The number of hydrogen-bond acceptors (Lipinski definition) is 7.